The van der Waals surface area contributed by atoms with Gasteiger partial charge in [0, 0.05) is 17.6 Å². The third-order valence-electron chi connectivity index (χ3n) is 2.15. The Morgan fingerprint density at radius 2 is 2.12 bits per heavy atom. The summed E-state index contributed by atoms with van der Waals surface area (Å²) in [5, 5.41) is 1.40. The summed E-state index contributed by atoms with van der Waals surface area (Å²) < 4.78 is 13.5. The summed E-state index contributed by atoms with van der Waals surface area (Å²) >= 11 is 7.18. The highest BCUT2D eigenvalue weighted by atomic mass is 35.5. The number of rotatable bonds is 3. The van der Waals surface area contributed by atoms with E-state index in [0.29, 0.717) is 22.0 Å². The van der Waals surface area contributed by atoms with Crippen LogP contribution in [0.25, 0.3) is 0 Å². The van der Waals surface area contributed by atoms with Crippen LogP contribution in [0.2, 0.25) is 5.02 Å². The van der Waals surface area contributed by atoms with Crippen molar-refractivity contribution in [3.8, 4) is 0 Å². The number of nitrogens with two attached hydrogens (primary N) is 1. The fourth-order valence-corrected chi connectivity index (χ4v) is 2.22. The minimum absolute atomic E-state index is 0.286. The minimum Gasteiger partial charge on any atom is -0.399 e. The molecule has 1 heterocycles. The summed E-state index contributed by atoms with van der Waals surface area (Å²) in [6.45, 7) is 0. The highest BCUT2D eigenvalue weighted by molar-refractivity contribution is 7.98. The molecule has 17 heavy (non-hydrogen) atoms. The molecule has 0 aliphatic heterocycles. The molecule has 0 fully saturated rings. The Morgan fingerprint density at radius 3 is 2.76 bits per heavy atom. The van der Waals surface area contributed by atoms with E-state index in [-0.39, 0.29) is 5.82 Å². The van der Waals surface area contributed by atoms with Crippen molar-refractivity contribution in [2.75, 3.05) is 5.73 Å². The fraction of sp³-hybridized carbons (Fsp3) is 0.0833. The summed E-state index contributed by atoms with van der Waals surface area (Å²) in [6.07, 6.45) is 1.57. The monoisotopic (exact) mass is 268 g/mol. The first-order valence-electron chi connectivity index (χ1n) is 4.93. The van der Waals surface area contributed by atoms with Crippen LogP contribution in [0.1, 0.15) is 5.56 Å². The van der Waals surface area contributed by atoms with Gasteiger partial charge in [0.15, 0.2) is 0 Å². The number of aromatic nitrogens is 1. The Labute approximate surface area is 108 Å². The number of nitrogen functional groups attached to an aromatic ring is 1. The van der Waals surface area contributed by atoms with Crippen molar-refractivity contribution < 1.29 is 4.39 Å². The molecule has 0 radical (unpaired) electrons. The number of hydrogen-bond acceptors (Lipinski definition) is 3. The van der Waals surface area contributed by atoms with Crippen molar-refractivity contribution in [3.63, 3.8) is 0 Å². The van der Waals surface area contributed by atoms with Crippen molar-refractivity contribution in [1.29, 1.82) is 0 Å². The van der Waals surface area contributed by atoms with Crippen LogP contribution in [0.15, 0.2) is 41.6 Å². The first kappa shape index (κ1) is 12.2. The van der Waals surface area contributed by atoms with Gasteiger partial charge in [-0.15, -0.1) is 11.8 Å². The normalized spacial score (nSPS) is 10.5. The number of thioether (sulfide) groups is 1. The van der Waals surface area contributed by atoms with Gasteiger partial charge in [-0.1, -0.05) is 17.7 Å². The highest BCUT2D eigenvalue weighted by Crippen LogP contribution is 2.24. The van der Waals surface area contributed by atoms with Gasteiger partial charge in [0.25, 0.3) is 0 Å². The van der Waals surface area contributed by atoms with E-state index in [1.54, 1.807) is 24.4 Å². The van der Waals surface area contributed by atoms with Gasteiger partial charge in [0.1, 0.15) is 5.82 Å². The van der Waals surface area contributed by atoms with E-state index in [0.717, 1.165) is 5.03 Å². The summed E-state index contributed by atoms with van der Waals surface area (Å²) in [6, 6.07) is 8.27. The van der Waals surface area contributed by atoms with E-state index < -0.39 is 0 Å². The summed E-state index contributed by atoms with van der Waals surface area (Å²) in [7, 11) is 0. The van der Waals surface area contributed by atoms with Crippen LogP contribution in [0.5, 0.6) is 0 Å². The third kappa shape index (κ3) is 3.35. The largest absolute Gasteiger partial charge is 0.399 e. The van der Waals surface area contributed by atoms with Crippen molar-refractivity contribution in [3.05, 3.63) is 52.9 Å². The Bertz CT molecular complexity index is 516. The molecule has 1 aromatic heterocycles. The van der Waals surface area contributed by atoms with Crippen LogP contribution in [0.4, 0.5) is 10.1 Å². The van der Waals surface area contributed by atoms with Crippen LogP contribution in [-0.4, -0.2) is 4.98 Å². The van der Waals surface area contributed by atoms with Gasteiger partial charge in [-0.05, 0) is 29.8 Å². The summed E-state index contributed by atoms with van der Waals surface area (Å²) in [4.78, 5) is 4.12. The number of hydrogen-bond donors (Lipinski definition) is 1. The van der Waals surface area contributed by atoms with Crippen LogP contribution >= 0.6 is 23.4 Å². The van der Waals surface area contributed by atoms with Gasteiger partial charge < -0.3 is 5.73 Å². The van der Waals surface area contributed by atoms with E-state index in [1.807, 2.05) is 6.07 Å². The molecular weight excluding hydrogens is 259 g/mol. The average Bonchev–Trinajstić information content (AvgIpc) is 2.30. The Morgan fingerprint density at radius 1 is 1.29 bits per heavy atom. The second-order valence-corrected chi connectivity index (χ2v) is 4.89. The molecule has 0 bridgehead atoms. The second kappa shape index (κ2) is 5.38. The lowest BCUT2D eigenvalue weighted by Gasteiger charge is -2.03. The zero-order valence-corrected chi connectivity index (χ0v) is 10.4. The maximum Gasteiger partial charge on any atom is 0.129 e. The van der Waals surface area contributed by atoms with Crippen LogP contribution in [-0.2, 0) is 5.75 Å². The van der Waals surface area contributed by atoms with Gasteiger partial charge in [0.2, 0.25) is 0 Å². The molecule has 88 valence electrons. The second-order valence-electron chi connectivity index (χ2n) is 3.45. The molecule has 0 atom stereocenters. The average molecular weight is 269 g/mol. The maximum absolute atomic E-state index is 13.5. The Balaban J connectivity index is 2.04. The molecule has 2 nitrogen and oxygen atoms in total. The molecule has 5 heteroatoms. The molecule has 2 rings (SSSR count). The molecule has 0 aliphatic carbocycles. The minimum atomic E-state index is -0.286. The van der Waals surface area contributed by atoms with E-state index in [2.05, 4.69) is 4.98 Å². The standard InChI is InChI=1S/C12H10ClFN2S/c13-9-2-4-12(16-6-9)17-7-8-1-3-10(15)5-11(8)14/h1-6H,7,15H2. The molecule has 0 unspecified atom stereocenters. The van der Waals surface area contributed by atoms with E-state index in [1.165, 1.54) is 17.8 Å². The molecule has 0 saturated heterocycles. The number of anilines is 1. The molecule has 2 N–H and O–H groups in total. The topological polar surface area (TPSA) is 38.9 Å². The van der Waals surface area contributed by atoms with E-state index in [9.17, 15) is 4.39 Å². The maximum atomic E-state index is 13.5. The smallest absolute Gasteiger partial charge is 0.129 e. The van der Waals surface area contributed by atoms with Crippen LogP contribution in [0.3, 0.4) is 0 Å². The third-order valence-corrected chi connectivity index (χ3v) is 3.37. The zero-order chi connectivity index (χ0) is 12.3. The van der Waals surface area contributed by atoms with Crippen molar-refractivity contribution >= 4 is 29.1 Å². The molecule has 0 saturated carbocycles. The fourth-order valence-electron chi connectivity index (χ4n) is 1.28. The van der Waals surface area contributed by atoms with Gasteiger partial charge in [-0.2, -0.15) is 0 Å². The summed E-state index contributed by atoms with van der Waals surface area (Å²) in [5.41, 5.74) is 6.52. The lowest BCUT2D eigenvalue weighted by Crippen LogP contribution is -1.92. The van der Waals surface area contributed by atoms with Crippen LogP contribution in [0, 0.1) is 5.82 Å². The molecule has 0 spiro atoms. The highest BCUT2D eigenvalue weighted by Gasteiger charge is 2.04. The summed E-state index contributed by atoms with van der Waals surface area (Å²) in [5.74, 6) is 0.229. The van der Waals surface area contributed by atoms with E-state index in [4.69, 9.17) is 17.3 Å². The molecule has 2 aromatic rings. The molecular formula is C12H10ClFN2S. The number of nitrogens with zero attached hydrogens (tertiary/aromatic N) is 1. The molecule has 0 aliphatic rings. The van der Waals surface area contributed by atoms with Crippen molar-refractivity contribution in [1.82, 2.24) is 4.98 Å². The number of pyridine rings is 1. The Hall–Kier alpha value is -1.26. The first-order chi connectivity index (χ1) is 8.15. The Kier molecular flexibility index (Phi) is 3.86. The van der Waals surface area contributed by atoms with Gasteiger partial charge in [-0.25, -0.2) is 9.37 Å². The lowest BCUT2D eigenvalue weighted by molar-refractivity contribution is 0.618. The van der Waals surface area contributed by atoms with Gasteiger partial charge in [0.05, 0.1) is 10.0 Å². The SMILES string of the molecule is Nc1ccc(CSc2ccc(Cl)cn2)c(F)c1. The van der Waals surface area contributed by atoms with Crippen molar-refractivity contribution in [2.24, 2.45) is 0 Å². The predicted molar refractivity (Wildman–Crippen MR) is 69.6 cm³/mol. The zero-order valence-electron chi connectivity index (χ0n) is 8.86. The quantitative estimate of drug-likeness (QED) is 0.681. The predicted octanol–water partition coefficient (Wildman–Crippen LogP) is 3.75. The van der Waals surface area contributed by atoms with Crippen molar-refractivity contribution in [2.45, 2.75) is 10.8 Å². The molecule has 0 amide bonds. The first-order valence-corrected chi connectivity index (χ1v) is 6.30. The van der Waals surface area contributed by atoms with Crippen LogP contribution < -0.4 is 5.73 Å². The lowest BCUT2D eigenvalue weighted by atomic mass is 10.2. The van der Waals surface area contributed by atoms with Gasteiger partial charge in [-0.3, -0.25) is 0 Å². The number of benzene rings is 1. The van der Waals surface area contributed by atoms with E-state index >= 15 is 0 Å². The molecule has 1 aromatic carbocycles. The van der Waals surface area contributed by atoms with Gasteiger partial charge >= 0.3 is 0 Å². The number of halogens is 2.